The van der Waals surface area contributed by atoms with Crippen LogP contribution in [0.2, 0.25) is 0 Å². The van der Waals surface area contributed by atoms with Crippen molar-refractivity contribution in [1.29, 1.82) is 0 Å². The second-order valence-electron chi connectivity index (χ2n) is 6.97. The number of H-pyrrole nitrogens is 1. The van der Waals surface area contributed by atoms with E-state index in [-0.39, 0.29) is 11.3 Å². The number of aromatic amines is 1. The number of hydrogen-bond acceptors (Lipinski definition) is 6. The Morgan fingerprint density at radius 2 is 2.07 bits per heavy atom. The van der Waals surface area contributed by atoms with E-state index >= 15 is 0 Å². The van der Waals surface area contributed by atoms with Gasteiger partial charge >= 0.3 is 0 Å². The Kier molecular flexibility index (Phi) is 8.05. The number of aliphatic hydroxyl groups is 1. The Morgan fingerprint density at radius 1 is 1.25 bits per heavy atom. The van der Waals surface area contributed by atoms with Gasteiger partial charge in [-0.25, -0.2) is 0 Å². The summed E-state index contributed by atoms with van der Waals surface area (Å²) in [5, 5.41) is 24.3. The van der Waals surface area contributed by atoms with Gasteiger partial charge in [0.25, 0.3) is 5.24 Å². The molecule has 150 valence electrons. The molecule has 0 bridgehead atoms. The van der Waals surface area contributed by atoms with E-state index < -0.39 is 6.10 Å². The number of aryl methyl sites for hydroxylation is 1. The summed E-state index contributed by atoms with van der Waals surface area (Å²) in [6, 6.07) is 10.0. The fourth-order valence-corrected chi connectivity index (χ4v) is 4.27. The van der Waals surface area contributed by atoms with Crippen LogP contribution in [0.1, 0.15) is 37.1 Å². The highest BCUT2D eigenvalue weighted by Gasteiger charge is 2.29. The zero-order valence-corrected chi connectivity index (χ0v) is 16.7. The Hall–Kier alpha value is -2.19. The van der Waals surface area contributed by atoms with E-state index in [1.807, 2.05) is 47.4 Å². The van der Waals surface area contributed by atoms with Gasteiger partial charge in [0, 0.05) is 25.1 Å². The van der Waals surface area contributed by atoms with Crippen molar-refractivity contribution in [2.24, 2.45) is 0 Å². The first kappa shape index (κ1) is 20.5. The predicted octanol–water partition coefficient (Wildman–Crippen LogP) is 3.00. The Labute approximate surface area is 169 Å². The number of amides is 1. The first-order valence-electron chi connectivity index (χ1n) is 9.78. The molecule has 1 aliphatic heterocycles. The average molecular weight is 402 g/mol. The van der Waals surface area contributed by atoms with E-state index in [1.54, 1.807) is 0 Å². The van der Waals surface area contributed by atoms with E-state index in [2.05, 4.69) is 20.6 Å². The van der Waals surface area contributed by atoms with Crippen LogP contribution < -0.4 is 0 Å². The SMILES string of the molecule is O=C1SC[C@H](C=CC(O)Cc2ccccc2)N1CCCCCCc1nn[nH]n1. The van der Waals surface area contributed by atoms with Crippen LogP contribution >= 0.6 is 11.8 Å². The van der Waals surface area contributed by atoms with Gasteiger partial charge in [0.1, 0.15) is 0 Å². The molecule has 3 rings (SSSR count). The number of hydrogen-bond donors (Lipinski definition) is 2. The number of benzene rings is 1. The molecule has 0 aliphatic carbocycles. The largest absolute Gasteiger partial charge is 0.389 e. The fourth-order valence-electron chi connectivity index (χ4n) is 3.27. The maximum Gasteiger partial charge on any atom is 0.282 e. The number of aromatic nitrogens is 4. The quantitative estimate of drug-likeness (QED) is 0.444. The summed E-state index contributed by atoms with van der Waals surface area (Å²) in [5.41, 5.74) is 1.11. The number of aliphatic hydroxyl groups excluding tert-OH is 1. The zero-order valence-electron chi connectivity index (χ0n) is 15.9. The third kappa shape index (κ3) is 6.45. The predicted molar refractivity (Wildman–Crippen MR) is 110 cm³/mol. The molecule has 2 heterocycles. The van der Waals surface area contributed by atoms with E-state index in [1.165, 1.54) is 11.8 Å². The van der Waals surface area contributed by atoms with Gasteiger partial charge in [-0.1, -0.05) is 72.3 Å². The number of carbonyl (C=O) groups is 1. The van der Waals surface area contributed by atoms with Crippen LogP contribution in [0.25, 0.3) is 0 Å². The molecule has 2 N–H and O–H groups in total. The van der Waals surface area contributed by atoms with E-state index in [9.17, 15) is 9.90 Å². The van der Waals surface area contributed by atoms with Crippen molar-refractivity contribution in [3.63, 3.8) is 0 Å². The fraction of sp³-hybridized carbons (Fsp3) is 0.500. The van der Waals surface area contributed by atoms with Crippen molar-refractivity contribution in [1.82, 2.24) is 25.5 Å². The molecule has 28 heavy (non-hydrogen) atoms. The normalized spacial score (nSPS) is 18.2. The number of carbonyl (C=O) groups excluding carboxylic acids is 1. The molecule has 1 fully saturated rings. The van der Waals surface area contributed by atoms with Crippen LogP contribution in [0, 0.1) is 0 Å². The molecule has 1 unspecified atom stereocenters. The Balaban J connectivity index is 1.37. The highest BCUT2D eigenvalue weighted by molar-refractivity contribution is 8.13. The monoisotopic (exact) mass is 401 g/mol. The molecule has 1 amide bonds. The molecule has 1 aromatic carbocycles. The van der Waals surface area contributed by atoms with Gasteiger partial charge in [-0.05, 0) is 18.4 Å². The number of unbranched alkanes of at least 4 members (excludes halogenated alkanes) is 3. The highest BCUT2D eigenvalue weighted by atomic mass is 32.2. The third-order valence-corrected chi connectivity index (χ3v) is 5.78. The molecule has 1 aromatic heterocycles. The summed E-state index contributed by atoms with van der Waals surface area (Å²) < 4.78 is 0. The molecule has 1 saturated heterocycles. The molecular formula is C20H27N5O2S. The number of thioether (sulfide) groups is 1. The van der Waals surface area contributed by atoms with Gasteiger partial charge in [0.05, 0.1) is 12.1 Å². The Bertz CT molecular complexity index is 738. The number of rotatable bonds is 11. The lowest BCUT2D eigenvalue weighted by Crippen LogP contribution is -2.33. The molecule has 8 heteroatoms. The minimum atomic E-state index is -0.532. The third-order valence-electron chi connectivity index (χ3n) is 4.79. The van der Waals surface area contributed by atoms with Gasteiger partial charge in [-0.15, -0.1) is 10.2 Å². The average Bonchev–Trinajstić information content (AvgIpc) is 3.34. The van der Waals surface area contributed by atoms with Crippen LogP contribution in [0.4, 0.5) is 4.79 Å². The highest BCUT2D eigenvalue weighted by Crippen LogP contribution is 2.25. The molecule has 1 aliphatic rings. The standard InChI is InChI=1S/C20H27N5O2S/c26-18(14-16-8-4-3-5-9-16)12-11-17-15-28-20(27)25(17)13-7-2-1-6-10-19-21-23-24-22-19/h3-5,8-9,11-12,17-18,26H,1-2,6-7,10,13-15H2,(H,21,22,23,24)/t17-,18?/m0/s1. The molecular weight excluding hydrogens is 374 g/mol. The topological polar surface area (TPSA) is 95.0 Å². The number of tetrazole rings is 1. The molecule has 2 atom stereocenters. The second kappa shape index (κ2) is 11.0. The Morgan fingerprint density at radius 3 is 2.86 bits per heavy atom. The van der Waals surface area contributed by atoms with Crippen molar-refractivity contribution in [3.8, 4) is 0 Å². The first-order chi connectivity index (χ1) is 13.7. The summed E-state index contributed by atoms with van der Waals surface area (Å²) in [7, 11) is 0. The summed E-state index contributed by atoms with van der Waals surface area (Å²) in [4.78, 5) is 14.1. The van der Waals surface area contributed by atoms with Crippen LogP contribution in [0.5, 0.6) is 0 Å². The second-order valence-corrected chi connectivity index (χ2v) is 7.94. The van der Waals surface area contributed by atoms with Crippen molar-refractivity contribution in [2.75, 3.05) is 12.3 Å². The van der Waals surface area contributed by atoms with Gasteiger partial charge in [0.15, 0.2) is 5.82 Å². The van der Waals surface area contributed by atoms with Crippen LogP contribution in [-0.4, -0.2) is 60.3 Å². The minimum Gasteiger partial charge on any atom is -0.389 e. The van der Waals surface area contributed by atoms with Crippen molar-refractivity contribution in [3.05, 3.63) is 53.9 Å². The summed E-state index contributed by atoms with van der Waals surface area (Å²) in [6.45, 7) is 0.762. The van der Waals surface area contributed by atoms with E-state index in [4.69, 9.17) is 0 Å². The minimum absolute atomic E-state index is 0.0715. The van der Waals surface area contributed by atoms with E-state index in [0.717, 1.165) is 55.8 Å². The van der Waals surface area contributed by atoms with Gasteiger partial charge < -0.3 is 10.0 Å². The van der Waals surface area contributed by atoms with Crippen molar-refractivity contribution in [2.45, 2.75) is 50.7 Å². The molecule has 0 radical (unpaired) electrons. The summed E-state index contributed by atoms with van der Waals surface area (Å²) in [5.74, 6) is 1.51. The number of nitrogens with zero attached hydrogens (tertiary/aromatic N) is 4. The number of nitrogens with one attached hydrogen (secondary N) is 1. The lowest BCUT2D eigenvalue weighted by Gasteiger charge is -2.21. The lowest BCUT2D eigenvalue weighted by atomic mass is 10.1. The molecule has 7 nitrogen and oxygen atoms in total. The maximum absolute atomic E-state index is 12.2. The van der Waals surface area contributed by atoms with Crippen LogP contribution in [0.15, 0.2) is 42.5 Å². The maximum atomic E-state index is 12.2. The van der Waals surface area contributed by atoms with Gasteiger partial charge in [0.2, 0.25) is 0 Å². The van der Waals surface area contributed by atoms with E-state index in [0.29, 0.717) is 6.42 Å². The van der Waals surface area contributed by atoms with Crippen LogP contribution in [0.3, 0.4) is 0 Å². The zero-order chi connectivity index (χ0) is 19.6. The van der Waals surface area contributed by atoms with Crippen molar-refractivity contribution < 1.29 is 9.90 Å². The molecule has 0 saturated carbocycles. The van der Waals surface area contributed by atoms with Crippen LogP contribution in [-0.2, 0) is 12.8 Å². The molecule has 2 aromatic rings. The first-order valence-corrected chi connectivity index (χ1v) is 10.8. The smallest absolute Gasteiger partial charge is 0.282 e. The van der Waals surface area contributed by atoms with Crippen molar-refractivity contribution >= 4 is 17.0 Å². The lowest BCUT2D eigenvalue weighted by molar-refractivity contribution is 0.213. The summed E-state index contributed by atoms with van der Waals surface area (Å²) >= 11 is 1.36. The van der Waals surface area contributed by atoms with Gasteiger partial charge in [-0.3, -0.25) is 4.79 Å². The molecule has 0 spiro atoms. The summed E-state index contributed by atoms with van der Waals surface area (Å²) in [6.07, 6.45) is 8.86. The van der Waals surface area contributed by atoms with Gasteiger partial charge in [-0.2, -0.15) is 5.21 Å².